The van der Waals surface area contributed by atoms with Crippen LogP contribution in [0.3, 0.4) is 0 Å². The lowest BCUT2D eigenvalue weighted by Crippen LogP contribution is -2.60. The molecule has 9 heteroatoms. The number of hydrogen-bond donors (Lipinski definition) is 1. The predicted octanol–water partition coefficient (Wildman–Crippen LogP) is 5.56. The van der Waals surface area contributed by atoms with Crippen LogP contribution in [0.5, 0.6) is 0 Å². The highest BCUT2D eigenvalue weighted by atomic mass is 16.6. The fourth-order valence-electron chi connectivity index (χ4n) is 9.84. The maximum atomic E-state index is 12.6. The molecule has 44 heavy (non-hydrogen) atoms. The van der Waals surface area contributed by atoms with Crippen molar-refractivity contribution in [2.24, 2.45) is 46.3 Å². The SMILES string of the molecule is CC(=O)OC[C@]12CCC3C(C1[C@H](OC(C)=O)C[C@@H]2C(C)CCCC(C)C)[C@@H](OC(C)=O)C=C1C[C@H](O)[C@H](OC(C)=O)C[C@@]13C. The summed E-state index contributed by atoms with van der Waals surface area (Å²) in [5.74, 6) is -0.923. The number of ether oxygens (including phenoxy) is 4. The molecule has 0 heterocycles. The summed E-state index contributed by atoms with van der Waals surface area (Å²) >= 11 is 0. The van der Waals surface area contributed by atoms with Gasteiger partial charge in [0.05, 0.1) is 12.7 Å². The summed E-state index contributed by atoms with van der Waals surface area (Å²) in [6.07, 6.45) is 5.70. The van der Waals surface area contributed by atoms with Crippen LogP contribution < -0.4 is 0 Å². The molecule has 248 valence electrons. The Labute approximate surface area is 262 Å². The number of rotatable bonds is 10. The molecule has 11 atom stereocenters. The zero-order chi connectivity index (χ0) is 32.6. The van der Waals surface area contributed by atoms with Crippen molar-refractivity contribution in [3.63, 3.8) is 0 Å². The molecule has 0 amide bonds. The first-order valence-corrected chi connectivity index (χ1v) is 16.6. The average Bonchev–Trinajstić information content (AvgIpc) is 3.22. The molecule has 0 aromatic heterocycles. The number of hydrogen-bond acceptors (Lipinski definition) is 9. The van der Waals surface area contributed by atoms with Crippen LogP contribution in [0.1, 0.15) is 107 Å². The predicted molar refractivity (Wildman–Crippen MR) is 163 cm³/mol. The number of carbonyl (C=O) groups excluding carboxylic acids is 4. The summed E-state index contributed by atoms with van der Waals surface area (Å²) in [5.41, 5.74) is 0.109. The van der Waals surface area contributed by atoms with E-state index in [9.17, 15) is 24.3 Å². The molecule has 4 rings (SSSR count). The van der Waals surface area contributed by atoms with Gasteiger partial charge in [-0.05, 0) is 67.3 Å². The van der Waals surface area contributed by atoms with E-state index in [1.165, 1.54) is 27.7 Å². The Morgan fingerprint density at radius 1 is 0.932 bits per heavy atom. The molecule has 4 aliphatic carbocycles. The van der Waals surface area contributed by atoms with Gasteiger partial charge in [-0.3, -0.25) is 19.2 Å². The van der Waals surface area contributed by atoms with Gasteiger partial charge in [-0.15, -0.1) is 0 Å². The van der Waals surface area contributed by atoms with Gasteiger partial charge in [0.25, 0.3) is 0 Å². The van der Waals surface area contributed by atoms with Gasteiger partial charge < -0.3 is 24.1 Å². The topological polar surface area (TPSA) is 125 Å². The second-order valence-corrected chi connectivity index (χ2v) is 14.9. The van der Waals surface area contributed by atoms with Crippen molar-refractivity contribution in [1.82, 2.24) is 0 Å². The first kappa shape index (κ1) is 34.5. The monoisotopic (exact) mass is 618 g/mol. The summed E-state index contributed by atoms with van der Waals surface area (Å²) in [6.45, 7) is 14.7. The Morgan fingerprint density at radius 2 is 1.57 bits per heavy atom. The van der Waals surface area contributed by atoms with Gasteiger partial charge in [0, 0.05) is 44.9 Å². The third kappa shape index (κ3) is 6.87. The smallest absolute Gasteiger partial charge is 0.303 e. The van der Waals surface area contributed by atoms with Gasteiger partial charge in [-0.2, -0.15) is 0 Å². The van der Waals surface area contributed by atoms with Crippen molar-refractivity contribution in [1.29, 1.82) is 0 Å². The van der Waals surface area contributed by atoms with E-state index in [2.05, 4.69) is 27.7 Å². The van der Waals surface area contributed by atoms with Crippen LogP contribution in [0, 0.1) is 46.3 Å². The van der Waals surface area contributed by atoms with Gasteiger partial charge in [0.1, 0.15) is 18.3 Å². The van der Waals surface area contributed by atoms with Gasteiger partial charge in [0.2, 0.25) is 0 Å². The van der Waals surface area contributed by atoms with E-state index in [0.717, 1.165) is 37.7 Å². The Bertz CT molecular complexity index is 1130. The lowest BCUT2D eigenvalue weighted by atomic mass is 9.45. The Balaban J connectivity index is 1.83. The highest BCUT2D eigenvalue weighted by Crippen LogP contribution is 2.68. The Morgan fingerprint density at radius 3 is 2.16 bits per heavy atom. The summed E-state index contributed by atoms with van der Waals surface area (Å²) in [4.78, 5) is 49.4. The zero-order valence-electron chi connectivity index (χ0n) is 27.9. The van der Waals surface area contributed by atoms with Gasteiger partial charge in [-0.25, -0.2) is 0 Å². The quantitative estimate of drug-likeness (QED) is 0.190. The molecule has 1 N–H and O–H groups in total. The van der Waals surface area contributed by atoms with Gasteiger partial charge >= 0.3 is 23.9 Å². The molecule has 0 aliphatic heterocycles. The molecule has 3 saturated carbocycles. The summed E-state index contributed by atoms with van der Waals surface area (Å²) in [7, 11) is 0. The van der Waals surface area contributed by atoms with E-state index < -0.39 is 47.2 Å². The largest absolute Gasteiger partial charge is 0.465 e. The molecule has 0 bridgehead atoms. The number of aliphatic hydroxyl groups excluding tert-OH is 1. The highest BCUT2D eigenvalue weighted by molar-refractivity contribution is 5.67. The first-order valence-electron chi connectivity index (χ1n) is 16.6. The van der Waals surface area contributed by atoms with Crippen molar-refractivity contribution in [3.05, 3.63) is 11.6 Å². The number of aliphatic hydroxyl groups is 1. The van der Waals surface area contributed by atoms with E-state index in [1.807, 2.05) is 6.08 Å². The third-order valence-electron chi connectivity index (χ3n) is 11.5. The molecule has 4 unspecified atom stereocenters. The minimum absolute atomic E-state index is 0.000849. The van der Waals surface area contributed by atoms with Crippen LogP contribution in [0.25, 0.3) is 0 Å². The Hall–Kier alpha value is -2.42. The molecule has 0 spiro atoms. The van der Waals surface area contributed by atoms with E-state index in [4.69, 9.17) is 18.9 Å². The average molecular weight is 619 g/mol. The van der Waals surface area contributed by atoms with Crippen molar-refractivity contribution >= 4 is 23.9 Å². The molecule has 9 nitrogen and oxygen atoms in total. The summed E-state index contributed by atoms with van der Waals surface area (Å²) in [5, 5.41) is 11.0. The van der Waals surface area contributed by atoms with Crippen LogP contribution in [0.15, 0.2) is 11.6 Å². The highest BCUT2D eigenvalue weighted by Gasteiger charge is 2.68. The second kappa shape index (κ2) is 13.5. The van der Waals surface area contributed by atoms with Crippen molar-refractivity contribution in [3.8, 4) is 0 Å². The minimum Gasteiger partial charge on any atom is -0.465 e. The molecular formula is C35H54O9. The maximum absolute atomic E-state index is 12.6. The van der Waals surface area contributed by atoms with Crippen molar-refractivity contribution in [2.45, 2.75) is 131 Å². The standard InChI is InChI=1S/C35H54O9/c1-19(2)10-9-11-20(3)27-16-30(43-23(6)38)33-32-26(12-13-35(27,33)18-41-21(4)36)34(8)17-31(44-24(7)39)28(40)14-25(34)15-29(32)42-22(5)37/h15,19-20,26-33,40H,9-14,16-18H2,1-8H3/t20?,26?,27-,28+,29+,30-,31-,32?,33?,34+,35+/m1/s1. The maximum Gasteiger partial charge on any atom is 0.303 e. The van der Waals surface area contributed by atoms with E-state index in [1.54, 1.807) is 0 Å². The molecule has 0 aromatic carbocycles. The number of carbonyl (C=O) groups is 4. The molecule has 0 radical (unpaired) electrons. The fourth-order valence-corrected chi connectivity index (χ4v) is 9.84. The van der Waals surface area contributed by atoms with Crippen molar-refractivity contribution < 1.29 is 43.2 Å². The molecular weight excluding hydrogens is 564 g/mol. The molecule has 3 fully saturated rings. The third-order valence-corrected chi connectivity index (χ3v) is 11.5. The Kier molecular flexibility index (Phi) is 10.6. The van der Waals surface area contributed by atoms with Gasteiger partial charge in [-0.1, -0.05) is 52.5 Å². The van der Waals surface area contributed by atoms with E-state index >= 15 is 0 Å². The number of fused-ring (bicyclic) bond motifs is 5. The van der Waals surface area contributed by atoms with Crippen LogP contribution in [-0.2, 0) is 38.1 Å². The second-order valence-electron chi connectivity index (χ2n) is 14.9. The zero-order valence-corrected chi connectivity index (χ0v) is 27.9. The lowest BCUT2D eigenvalue weighted by Gasteiger charge is -2.60. The summed E-state index contributed by atoms with van der Waals surface area (Å²) in [6, 6.07) is 0. The van der Waals surface area contributed by atoms with Crippen LogP contribution in [0.4, 0.5) is 0 Å². The molecule has 4 aliphatic rings. The molecule has 0 saturated heterocycles. The van der Waals surface area contributed by atoms with Crippen molar-refractivity contribution in [2.75, 3.05) is 6.61 Å². The van der Waals surface area contributed by atoms with Gasteiger partial charge in [0.15, 0.2) is 0 Å². The van der Waals surface area contributed by atoms with E-state index in [-0.39, 0.29) is 42.2 Å². The van der Waals surface area contributed by atoms with Crippen LogP contribution in [-0.4, -0.2) is 60.0 Å². The molecule has 0 aromatic rings. The first-order chi connectivity index (χ1) is 20.6. The van der Waals surface area contributed by atoms with Crippen LogP contribution >= 0.6 is 0 Å². The number of esters is 4. The van der Waals surface area contributed by atoms with E-state index in [0.29, 0.717) is 31.1 Å². The lowest BCUT2D eigenvalue weighted by molar-refractivity contribution is -0.187. The minimum atomic E-state index is -0.851. The van der Waals surface area contributed by atoms with Crippen LogP contribution in [0.2, 0.25) is 0 Å². The normalized spacial score (nSPS) is 38.4. The fraction of sp³-hybridized carbons (Fsp3) is 0.829. The summed E-state index contributed by atoms with van der Waals surface area (Å²) < 4.78 is 23.7.